The van der Waals surface area contributed by atoms with Gasteiger partial charge in [-0.15, -0.1) is 0 Å². The molecule has 1 fully saturated rings. The summed E-state index contributed by atoms with van der Waals surface area (Å²) < 4.78 is 5.42. The number of morpholine rings is 1. The third-order valence-corrected chi connectivity index (χ3v) is 3.17. The number of aromatic carboxylic acids is 1. The first-order valence-electron chi connectivity index (χ1n) is 5.97. The minimum Gasteiger partial charge on any atom is -0.478 e. The second-order valence-electron chi connectivity index (χ2n) is 4.23. The van der Waals surface area contributed by atoms with Crippen molar-refractivity contribution in [2.45, 2.75) is 19.4 Å². The van der Waals surface area contributed by atoms with E-state index in [0.717, 1.165) is 6.42 Å². The summed E-state index contributed by atoms with van der Waals surface area (Å²) in [5, 5.41) is 9.06. The summed E-state index contributed by atoms with van der Waals surface area (Å²) in [6.45, 7) is 3.96. The van der Waals surface area contributed by atoms with E-state index >= 15 is 0 Å². The standard InChI is InChI=1S/C12H17N3O3/c1-2-8-7-18-6-5-15(8)11-10(13)9(12(16)17)3-4-14-11/h3-4,8H,2,5-7,13H2,1H3,(H,16,17). The number of carboxylic acid groups (broad SMARTS) is 1. The quantitative estimate of drug-likeness (QED) is 0.832. The van der Waals surface area contributed by atoms with Gasteiger partial charge in [-0.1, -0.05) is 6.92 Å². The van der Waals surface area contributed by atoms with E-state index in [2.05, 4.69) is 11.9 Å². The molecule has 6 heteroatoms. The van der Waals surface area contributed by atoms with E-state index in [9.17, 15) is 4.79 Å². The van der Waals surface area contributed by atoms with Gasteiger partial charge in [-0.25, -0.2) is 9.78 Å². The minimum absolute atomic E-state index is 0.0985. The molecule has 0 aliphatic carbocycles. The molecule has 1 aliphatic heterocycles. The van der Waals surface area contributed by atoms with Gasteiger partial charge in [-0.05, 0) is 12.5 Å². The summed E-state index contributed by atoms with van der Waals surface area (Å²) in [6.07, 6.45) is 2.38. The molecule has 3 N–H and O–H groups in total. The molecular formula is C12H17N3O3. The Morgan fingerprint density at radius 2 is 2.50 bits per heavy atom. The van der Waals surface area contributed by atoms with Crippen LogP contribution in [0.2, 0.25) is 0 Å². The van der Waals surface area contributed by atoms with E-state index in [1.807, 2.05) is 4.90 Å². The van der Waals surface area contributed by atoms with Crippen LogP contribution >= 0.6 is 0 Å². The van der Waals surface area contributed by atoms with Crippen LogP contribution in [0.3, 0.4) is 0 Å². The third-order valence-electron chi connectivity index (χ3n) is 3.17. The lowest BCUT2D eigenvalue weighted by atomic mass is 10.1. The molecule has 2 rings (SSSR count). The smallest absolute Gasteiger partial charge is 0.337 e. The molecule has 18 heavy (non-hydrogen) atoms. The van der Waals surface area contributed by atoms with Crippen LogP contribution in [0.5, 0.6) is 0 Å². The number of nitrogens with zero attached hydrogens (tertiary/aromatic N) is 2. The number of nitrogens with two attached hydrogens (primary N) is 1. The molecule has 0 aromatic carbocycles. The average molecular weight is 251 g/mol. The van der Waals surface area contributed by atoms with Gasteiger partial charge in [0.05, 0.1) is 30.5 Å². The van der Waals surface area contributed by atoms with Crippen LogP contribution in [0.15, 0.2) is 12.3 Å². The average Bonchev–Trinajstić information content (AvgIpc) is 2.38. The number of carboxylic acids is 1. The normalized spacial score (nSPS) is 19.8. The number of rotatable bonds is 3. The number of anilines is 2. The summed E-state index contributed by atoms with van der Waals surface area (Å²) in [5.74, 6) is -0.484. The van der Waals surface area contributed by atoms with Gasteiger partial charge in [0.15, 0.2) is 5.82 Å². The summed E-state index contributed by atoms with van der Waals surface area (Å²) >= 11 is 0. The van der Waals surface area contributed by atoms with E-state index in [0.29, 0.717) is 25.6 Å². The predicted molar refractivity (Wildman–Crippen MR) is 67.9 cm³/mol. The number of nitrogen functional groups attached to an aromatic ring is 1. The van der Waals surface area contributed by atoms with Crippen molar-refractivity contribution in [3.63, 3.8) is 0 Å². The van der Waals surface area contributed by atoms with E-state index in [1.165, 1.54) is 12.3 Å². The molecule has 0 bridgehead atoms. The topological polar surface area (TPSA) is 88.7 Å². The summed E-state index contributed by atoms with van der Waals surface area (Å²) in [5.41, 5.74) is 6.23. The minimum atomic E-state index is -1.03. The largest absolute Gasteiger partial charge is 0.478 e. The van der Waals surface area contributed by atoms with E-state index in [-0.39, 0.29) is 17.3 Å². The highest BCUT2D eigenvalue weighted by molar-refractivity contribution is 5.96. The van der Waals surface area contributed by atoms with Gasteiger partial charge in [0.2, 0.25) is 0 Å². The number of hydrogen-bond donors (Lipinski definition) is 2. The zero-order chi connectivity index (χ0) is 13.1. The summed E-state index contributed by atoms with van der Waals surface area (Å²) in [6, 6.07) is 1.61. The second-order valence-corrected chi connectivity index (χ2v) is 4.23. The Hall–Kier alpha value is -1.82. The molecule has 1 unspecified atom stereocenters. The zero-order valence-electron chi connectivity index (χ0n) is 10.3. The van der Waals surface area contributed by atoms with Crippen LogP contribution in [0.4, 0.5) is 11.5 Å². The van der Waals surface area contributed by atoms with Gasteiger partial charge in [-0.2, -0.15) is 0 Å². The molecule has 0 saturated carbocycles. The van der Waals surface area contributed by atoms with Crippen LogP contribution in [-0.2, 0) is 4.74 Å². The number of pyridine rings is 1. The maximum Gasteiger partial charge on any atom is 0.337 e. The number of carbonyl (C=O) groups is 1. The van der Waals surface area contributed by atoms with Crippen molar-refractivity contribution >= 4 is 17.5 Å². The summed E-state index contributed by atoms with van der Waals surface area (Å²) in [4.78, 5) is 17.3. The molecule has 1 atom stereocenters. The molecule has 2 heterocycles. The molecule has 1 aliphatic rings. The van der Waals surface area contributed by atoms with E-state index in [1.54, 1.807) is 0 Å². The van der Waals surface area contributed by atoms with Gasteiger partial charge in [0.25, 0.3) is 0 Å². The lowest BCUT2D eigenvalue weighted by molar-refractivity contribution is 0.0698. The van der Waals surface area contributed by atoms with Crippen molar-refractivity contribution in [1.82, 2.24) is 4.98 Å². The van der Waals surface area contributed by atoms with Gasteiger partial charge < -0.3 is 20.5 Å². The van der Waals surface area contributed by atoms with Crippen molar-refractivity contribution in [3.8, 4) is 0 Å². The van der Waals surface area contributed by atoms with Gasteiger partial charge in [0, 0.05) is 12.7 Å². The molecule has 0 spiro atoms. The second kappa shape index (κ2) is 5.22. The summed E-state index contributed by atoms with van der Waals surface area (Å²) in [7, 11) is 0. The van der Waals surface area contributed by atoms with Gasteiger partial charge in [-0.3, -0.25) is 0 Å². The predicted octanol–water partition coefficient (Wildman–Crippen LogP) is 0.977. The monoisotopic (exact) mass is 251 g/mol. The molecule has 98 valence electrons. The Bertz CT molecular complexity index is 450. The van der Waals surface area contributed by atoms with Gasteiger partial charge in [0.1, 0.15) is 0 Å². The van der Waals surface area contributed by atoms with Gasteiger partial charge >= 0.3 is 5.97 Å². The van der Waals surface area contributed by atoms with Crippen LogP contribution in [0.1, 0.15) is 23.7 Å². The molecule has 6 nitrogen and oxygen atoms in total. The van der Waals surface area contributed by atoms with Crippen molar-refractivity contribution < 1.29 is 14.6 Å². The third kappa shape index (κ3) is 2.24. The Labute approximate surface area is 105 Å². The fourth-order valence-corrected chi connectivity index (χ4v) is 2.15. The molecular weight excluding hydrogens is 234 g/mol. The Morgan fingerprint density at radius 3 is 3.17 bits per heavy atom. The SMILES string of the molecule is CCC1COCCN1c1nccc(C(=O)O)c1N. The maximum absolute atomic E-state index is 11.1. The molecule has 1 saturated heterocycles. The zero-order valence-corrected chi connectivity index (χ0v) is 10.3. The van der Waals surface area contributed by atoms with Crippen LogP contribution in [0.25, 0.3) is 0 Å². The van der Waals surface area contributed by atoms with Crippen molar-refractivity contribution in [3.05, 3.63) is 17.8 Å². The number of hydrogen-bond acceptors (Lipinski definition) is 5. The van der Waals surface area contributed by atoms with Crippen molar-refractivity contribution in [2.24, 2.45) is 0 Å². The number of ether oxygens (including phenoxy) is 1. The highest BCUT2D eigenvalue weighted by atomic mass is 16.5. The Balaban J connectivity index is 2.37. The van der Waals surface area contributed by atoms with E-state index in [4.69, 9.17) is 15.6 Å². The first kappa shape index (κ1) is 12.6. The highest BCUT2D eigenvalue weighted by Gasteiger charge is 2.25. The van der Waals surface area contributed by atoms with E-state index < -0.39 is 5.97 Å². The van der Waals surface area contributed by atoms with Crippen LogP contribution in [-0.4, -0.2) is 41.9 Å². The van der Waals surface area contributed by atoms with Crippen molar-refractivity contribution in [2.75, 3.05) is 30.4 Å². The lowest BCUT2D eigenvalue weighted by Gasteiger charge is -2.36. The van der Waals surface area contributed by atoms with Crippen molar-refractivity contribution in [1.29, 1.82) is 0 Å². The molecule has 0 amide bonds. The first-order chi connectivity index (χ1) is 8.65. The van der Waals surface area contributed by atoms with Crippen LogP contribution < -0.4 is 10.6 Å². The molecule has 1 aromatic rings. The maximum atomic E-state index is 11.1. The fraction of sp³-hybridized carbons (Fsp3) is 0.500. The highest BCUT2D eigenvalue weighted by Crippen LogP contribution is 2.27. The Kier molecular flexibility index (Phi) is 3.66. The molecule has 0 radical (unpaired) electrons. The van der Waals surface area contributed by atoms with Crippen LogP contribution in [0, 0.1) is 0 Å². The molecule has 1 aromatic heterocycles. The fourth-order valence-electron chi connectivity index (χ4n) is 2.15. The first-order valence-corrected chi connectivity index (χ1v) is 5.97. The number of aromatic nitrogens is 1. The Morgan fingerprint density at radius 1 is 1.72 bits per heavy atom. The lowest BCUT2D eigenvalue weighted by Crippen LogP contribution is -2.46.